The van der Waals surface area contributed by atoms with Crippen LogP contribution in [0, 0.1) is 10.1 Å². The standard InChI is InChI=1S/C15H16N2O7/c1-15(2)16(24-15)10-7-5-9(6-8-11(18)22-3)12(14(19)23-4)13(10)17(20)21/h5-8H,1-4H3/b8-6+. The van der Waals surface area contributed by atoms with Crippen molar-refractivity contribution in [2.24, 2.45) is 0 Å². The van der Waals surface area contributed by atoms with Crippen LogP contribution in [0.25, 0.3) is 6.08 Å². The van der Waals surface area contributed by atoms with Crippen molar-refractivity contribution in [3.05, 3.63) is 39.4 Å². The van der Waals surface area contributed by atoms with E-state index in [1.54, 1.807) is 13.8 Å². The molecule has 0 aliphatic carbocycles. The molecule has 1 aromatic rings. The molecule has 1 aliphatic heterocycles. The Morgan fingerprint density at radius 2 is 1.92 bits per heavy atom. The van der Waals surface area contributed by atoms with Crippen LogP contribution in [-0.2, 0) is 19.1 Å². The van der Waals surface area contributed by atoms with Crippen molar-refractivity contribution in [2.75, 3.05) is 19.3 Å². The van der Waals surface area contributed by atoms with Crippen LogP contribution >= 0.6 is 0 Å². The smallest absolute Gasteiger partial charge is 0.345 e. The second kappa shape index (κ2) is 6.28. The van der Waals surface area contributed by atoms with E-state index in [-0.39, 0.29) is 16.8 Å². The zero-order valence-electron chi connectivity index (χ0n) is 13.6. The highest BCUT2D eigenvalue weighted by molar-refractivity contribution is 6.02. The third-order valence-corrected chi connectivity index (χ3v) is 3.35. The molecule has 1 aromatic carbocycles. The SMILES string of the molecule is COC(=O)/C=C/c1ccc(N2OC2(C)C)c([N+](=O)[O-])c1C(=O)OC. The van der Waals surface area contributed by atoms with E-state index in [1.165, 1.54) is 30.4 Å². The molecule has 0 amide bonds. The fraction of sp³-hybridized carbons (Fsp3) is 0.333. The summed E-state index contributed by atoms with van der Waals surface area (Å²) in [5.74, 6) is -1.55. The third-order valence-electron chi connectivity index (χ3n) is 3.35. The van der Waals surface area contributed by atoms with Gasteiger partial charge >= 0.3 is 17.6 Å². The summed E-state index contributed by atoms with van der Waals surface area (Å²) in [5.41, 5.74) is -1.16. The van der Waals surface area contributed by atoms with Crippen molar-refractivity contribution >= 4 is 29.4 Å². The number of esters is 2. The summed E-state index contributed by atoms with van der Waals surface area (Å²) in [5, 5.41) is 12.9. The van der Waals surface area contributed by atoms with Gasteiger partial charge < -0.3 is 9.47 Å². The van der Waals surface area contributed by atoms with Gasteiger partial charge in [-0.3, -0.25) is 10.1 Å². The fourth-order valence-corrected chi connectivity index (χ4v) is 2.17. The van der Waals surface area contributed by atoms with Gasteiger partial charge in [0.15, 0.2) is 5.72 Å². The van der Waals surface area contributed by atoms with Crippen molar-refractivity contribution in [1.82, 2.24) is 0 Å². The second-order valence-electron chi connectivity index (χ2n) is 5.34. The Morgan fingerprint density at radius 3 is 2.38 bits per heavy atom. The summed E-state index contributed by atoms with van der Waals surface area (Å²) in [7, 11) is 2.31. The first-order chi connectivity index (χ1) is 11.2. The lowest BCUT2D eigenvalue weighted by molar-refractivity contribution is -0.384. The molecule has 2 rings (SSSR count). The molecular weight excluding hydrogens is 320 g/mol. The van der Waals surface area contributed by atoms with Crippen LogP contribution in [-0.4, -0.2) is 36.8 Å². The number of hydrogen-bond acceptors (Lipinski definition) is 8. The van der Waals surface area contributed by atoms with Gasteiger partial charge in [0.2, 0.25) is 0 Å². The summed E-state index contributed by atoms with van der Waals surface area (Å²) in [6, 6.07) is 2.90. The molecule has 0 radical (unpaired) electrons. The van der Waals surface area contributed by atoms with Crippen LogP contribution in [0.2, 0.25) is 0 Å². The molecule has 128 valence electrons. The number of nitrogens with zero attached hydrogens (tertiary/aromatic N) is 2. The predicted molar refractivity (Wildman–Crippen MR) is 83.1 cm³/mol. The normalized spacial score (nSPS) is 15.2. The van der Waals surface area contributed by atoms with Crippen LogP contribution < -0.4 is 5.06 Å². The molecule has 1 aliphatic rings. The van der Waals surface area contributed by atoms with E-state index in [9.17, 15) is 19.7 Å². The average molecular weight is 336 g/mol. The zero-order valence-corrected chi connectivity index (χ0v) is 13.6. The van der Waals surface area contributed by atoms with Crippen LogP contribution in [0.5, 0.6) is 0 Å². The number of hydroxylamine groups is 1. The third kappa shape index (κ3) is 3.20. The Kier molecular flexibility index (Phi) is 4.56. The highest BCUT2D eigenvalue weighted by Gasteiger charge is 2.50. The number of hydrogen-bond donors (Lipinski definition) is 0. The lowest BCUT2D eigenvalue weighted by atomic mass is 10.0. The number of anilines is 1. The molecule has 0 aromatic heterocycles. The van der Waals surface area contributed by atoms with Crippen molar-refractivity contribution in [3.8, 4) is 0 Å². The summed E-state index contributed by atoms with van der Waals surface area (Å²) in [6.07, 6.45) is 2.31. The first-order valence-electron chi connectivity index (χ1n) is 6.88. The van der Waals surface area contributed by atoms with E-state index in [1.807, 2.05) is 0 Å². The molecule has 9 nitrogen and oxygen atoms in total. The monoisotopic (exact) mass is 336 g/mol. The molecule has 1 saturated heterocycles. The van der Waals surface area contributed by atoms with E-state index >= 15 is 0 Å². The summed E-state index contributed by atoms with van der Waals surface area (Å²) in [6.45, 7) is 3.44. The Bertz CT molecular complexity index is 740. The number of ether oxygens (including phenoxy) is 2. The number of carbonyl (C=O) groups excluding carboxylic acids is 2. The number of benzene rings is 1. The zero-order chi connectivity index (χ0) is 18.1. The van der Waals surface area contributed by atoms with Crippen molar-refractivity contribution in [1.29, 1.82) is 0 Å². The Hall–Kier alpha value is -2.94. The van der Waals surface area contributed by atoms with Crippen LogP contribution in [0.1, 0.15) is 29.8 Å². The minimum atomic E-state index is -0.896. The maximum Gasteiger partial charge on any atom is 0.345 e. The van der Waals surface area contributed by atoms with Gasteiger partial charge in [0.05, 0.1) is 19.1 Å². The van der Waals surface area contributed by atoms with Crippen molar-refractivity contribution in [2.45, 2.75) is 19.6 Å². The van der Waals surface area contributed by atoms with Crippen LogP contribution in [0.15, 0.2) is 18.2 Å². The van der Waals surface area contributed by atoms with Crippen LogP contribution in [0.4, 0.5) is 11.4 Å². The van der Waals surface area contributed by atoms with Gasteiger partial charge in [-0.15, -0.1) is 0 Å². The van der Waals surface area contributed by atoms with E-state index in [0.717, 1.165) is 13.2 Å². The molecule has 0 bridgehead atoms. The molecule has 0 spiro atoms. The van der Waals surface area contributed by atoms with E-state index in [4.69, 9.17) is 4.84 Å². The molecule has 0 unspecified atom stereocenters. The maximum atomic E-state index is 12.1. The minimum absolute atomic E-state index is 0.126. The van der Waals surface area contributed by atoms with Gasteiger partial charge in [-0.2, -0.15) is 0 Å². The summed E-state index contributed by atoms with van der Waals surface area (Å²) in [4.78, 5) is 39.5. The maximum absolute atomic E-state index is 12.1. The summed E-state index contributed by atoms with van der Waals surface area (Å²) >= 11 is 0. The van der Waals surface area contributed by atoms with Crippen molar-refractivity contribution in [3.63, 3.8) is 0 Å². The number of nitro benzene ring substituents is 1. The van der Waals surface area contributed by atoms with Gasteiger partial charge in [-0.25, -0.2) is 19.5 Å². The van der Waals surface area contributed by atoms with Crippen molar-refractivity contribution < 1.29 is 28.8 Å². The van der Waals surface area contributed by atoms with Gasteiger partial charge in [0.25, 0.3) is 0 Å². The summed E-state index contributed by atoms with van der Waals surface area (Å²) < 4.78 is 9.13. The first kappa shape index (κ1) is 17.4. The number of nitro groups is 1. The quantitative estimate of drug-likeness (QED) is 0.264. The molecule has 0 atom stereocenters. The lowest BCUT2D eigenvalue weighted by Gasteiger charge is -2.10. The van der Waals surface area contributed by atoms with Crippen LogP contribution in [0.3, 0.4) is 0 Å². The van der Waals surface area contributed by atoms with Gasteiger partial charge in [-0.05, 0) is 31.6 Å². The minimum Gasteiger partial charge on any atom is -0.466 e. The number of carbonyl (C=O) groups is 2. The lowest BCUT2D eigenvalue weighted by Crippen LogP contribution is -2.14. The van der Waals surface area contributed by atoms with Gasteiger partial charge in [0.1, 0.15) is 11.3 Å². The largest absolute Gasteiger partial charge is 0.466 e. The molecule has 1 fully saturated rings. The van der Waals surface area contributed by atoms with E-state index in [0.29, 0.717) is 0 Å². The fourth-order valence-electron chi connectivity index (χ4n) is 2.17. The highest BCUT2D eigenvalue weighted by Crippen LogP contribution is 2.46. The molecular formula is C15H16N2O7. The topological polar surface area (TPSA) is 111 Å². The second-order valence-corrected chi connectivity index (χ2v) is 5.34. The first-order valence-corrected chi connectivity index (χ1v) is 6.88. The molecule has 1 heterocycles. The predicted octanol–water partition coefficient (Wildman–Crippen LogP) is 2.06. The Labute approximate surface area is 137 Å². The molecule has 24 heavy (non-hydrogen) atoms. The van der Waals surface area contributed by atoms with E-state index < -0.39 is 28.3 Å². The number of methoxy groups -OCH3 is 2. The van der Waals surface area contributed by atoms with E-state index in [2.05, 4.69) is 9.47 Å². The average Bonchev–Trinajstić information content (AvgIpc) is 3.18. The molecule has 0 saturated carbocycles. The number of rotatable bonds is 5. The van der Waals surface area contributed by atoms with Gasteiger partial charge in [0, 0.05) is 6.08 Å². The Balaban J connectivity index is 2.64. The molecule has 0 N–H and O–H groups in total. The molecule has 9 heteroatoms. The van der Waals surface area contributed by atoms with Gasteiger partial charge in [-0.1, -0.05) is 6.07 Å². The Morgan fingerprint density at radius 1 is 1.29 bits per heavy atom. The highest BCUT2D eigenvalue weighted by atomic mass is 16.9.